The highest BCUT2D eigenvalue weighted by Gasteiger charge is 2.23. The summed E-state index contributed by atoms with van der Waals surface area (Å²) in [6, 6.07) is 11.8. The summed E-state index contributed by atoms with van der Waals surface area (Å²) >= 11 is 0. The lowest BCUT2D eigenvalue weighted by atomic mass is 10.0. The van der Waals surface area contributed by atoms with Gasteiger partial charge in [0.1, 0.15) is 18.2 Å². The van der Waals surface area contributed by atoms with Crippen molar-refractivity contribution in [3.05, 3.63) is 81.5 Å². The van der Waals surface area contributed by atoms with E-state index < -0.39 is 0 Å². The predicted octanol–water partition coefficient (Wildman–Crippen LogP) is 2.67. The summed E-state index contributed by atoms with van der Waals surface area (Å²) in [7, 11) is 0. The van der Waals surface area contributed by atoms with Crippen LogP contribution in [0.5, 0.6) is 5.75 Å². The molecule has 0 saturated carbocycles. The van der Waals surface area contributed by atoms with Crippen molar-refractivity contribution in [3.63, 3.8) is 0 Å². The van der Waals surface area contributed by atoms with Crippen LogP contribution in [0, 0.1) is 0 Å². The standard InChI is InChI=1S/C22H20N4O2/c27-22-18-13-26(12-15-11-17-3-1-2-4-20(17)28-14-15)10-7-19(18)24-21(25-22)16-5-8-23-9-6-16/h1-6,8-9,11H,7,10,12-14H2,(H,24,25,27). The molecule has 0 spiro atoms. The number of para-hydroxylation sites is 1. The molecule has 2 aromatic heterocycles. The molecule has 2 aliphatic rings. The Hall–Kier alpha value is -3.25. The Kier molecular flexibility index (Phi) is 4.25. The van der Waals surface area contributed by atoms with Gasteiger partial charge in [0.05, 0.1) is 11.3 Å². The van der Waals surface area contributed by atoms with Gasteiger partial charge in [-0.05, 0) is 29.8 Å². The third-order valence-corrected chi connectivity index (χ3v) is 5.22. The van der Waals surface area contributed by atoms with E-state index >= 15 is 0 Å². The van der Waals surface area contributed by atoms with Crippen LogP contribution in [0.4, 0.5) is 0 Å². The smallest absolute Gasteiger partial charge is 0.255 e. The number of aromatic nitrogens is 3. The highest BCUT2D eigenvalue weighted by molar-refractivity contribution is 5.62. The van der Waals surface area contributed by atoms with E-state index in [0.29, 0.717) is 19.0 Å². The van der Waals surface area contributed by atoms with Crippen molar-refractivity contribution in [1.82, 2.24) is 19.9 Å². The molecular formula is C22H20N4O2. The summed E-state index contributed by atoms with van der Waals surface area (Å²) in [4.78, 5) is 26.6. The Morgan fingerprint density at radius 1 is 1.14 bits per heavy atom. The summed E-state index contributed by atoms with van der Waals surface area (Å²) in [6.07, 6.45) is 6.37. The van der Waals surface area contributed by atoms with Crippen LogP contribution in [-0.4, -0.2) is 39.5 Å². The van der Waals surface area contributed by atoms with Crippen LogP contribution in [0.15, 0.2) is 59.2 Å². The maximum atomic E-state index is 12.7. The zero-order valence-electron chi connectivity index (χ0n) is 15.4. The quantitative estimate of drug-likeness (QED) is 0.765. The second-order valence-electron chi connectivity index (χ2n) is 7.17. The summed E-state index contributed by atoms with van der Waals surface area (Å²) in [6.45, 7) is 2.86. The van der Waals surface area contributed by atoms with Crippen LogP contribution in [-0.2, 0) is 13.0 Å². The van der Waals surface area contributed by atoms with E-state index in [-0.39, 0.29) is 5.56 Å². The molecule has 0 radical (unpaired) electrons. The number of nitrogens with one attached hydrogen (secondary N) is 1. The van der Waals surface area contributed by atoms with Crippen LogP contribution in [0.3, 0.4) is 0 Å². The minimum absolute atomic E-state index is 0.0549. The van der Waals surface area contributed by atoms with Gasteiger partial charge in [0.25, 0.3) is 5.56 Å². The molecule has 140 valence electrons. The third kappa shape index (κ3) is 3.23. The summed E-state index contributed by atoms with van der Waals surface area (Å²) in [5.74, 6) is 1.54. The minimum atomic E-state index is -0.0549. The Bertz CT molecular complexity index is 1110. The van der Waals surface area contributed by atoms with Gasteiger partial charge in [-0.25, -0.2) is 4.98 Å². The molecule has 1 aromatic carbocycles. The van der Waals surface area contributed by atoms with Crippen LogP contribution < -0.4 is 10.3 Å². The highest BCUT2D eigenvalue weighted by Crippen LogP contribution is 2.27. The van der Waals surface area contributed by atoms with E-state index in [0.717, 1.165) is 47.6 Å². The van der Waals surface area contributed by atoms with Crippen molar-refractivity contribution in [3.8, 4) is 17.1 Å². The molecule has 5 rings (SSSR count). The van der Waals surface area contributed by atoms with Crippen molar-refractivity contribution in [1.29, 1.82) is 0 Å². The lowest BCUT2D eigenvalue weighted by molar-refractivity contribution is 0.254. The number of fused-ring (bicyclic) bond motifs is 2. The van der Waals surface area contributed by atoms with Crippen LogP contribution in [0.2, 0.25) is 0 Å². The molecule has 0 fully saturated rings. The van der Waals surface area contributed by atoms with Gasteiger partial charge in [-0.3, -0.25) is 14.7 Å². The van der Waals surface area contributed by atoms with Gasteiger partial charge < -0.3 is 9.72 Å². The zero-order chi connectivity index (χ0) is 18.9. The molecular weight excluding hydrogens is 352 g/mol. The monoisotopic (exact) mass is 372 g/mol. The Labute approximate surface area is 162 Å². The van der Waals surface area contributed by atoms with E-state index in [1.165, 1.54) is 5.57 Å². The van der Waals surface area contributed by atoms with Gasteiger partial charge in [0.15, 0.2) is 0 Å². The Morgan fingerprint density at radius 3 is 2.89 bits per heavy atom. The fourth-order valence-electron chi connectivity index (χ4n) is 3.80. The molecule has 28 heavy (non-hydrogen) atoms. The summed E-state index contributed by atoms with van der Waals surface area (Å²) < 4.78 is 5.86. The van der Waals surface area contributed by atoms with Gasteiger partial charge in [-0.15, -0.1) is 0 Å². The lowest BCUT2D eigenvalue weighted by Gasteiger charge is -2.29. The molecule has 0 unspecified atom stereocenters. The van der Waals surface area contributed by atoms with Crippen molar-refractivity contribution in [2.75, 3.05) is 19.7 Å². The average molecular weight is 372 g/mol. The molecule has 0 amide bonds. The predicted molar refractivity (Wildman–Crippen MR) is 107 cm³/mol. The normalized spacial score (nSPS) is 15.9. The molecule has 4 heterocycles. The zero-order valence-corrected chi connectivity index (χ0v) is 15.4. The van der Waals surface area contributed by atoms with Gasteiger partial charge in [-0.2, -0.15) is 0 Å². The Morgan fingerprint density at radius 2 is 2.00 bits per heavy atom. The number of pyridine rings is 1. The first kappa shape index (κ1) is 16.9. The number of hydrogen-bond acceptors (Lipinski definition) is 5. The maximum Gasteiger partial charge on any atom is 0.255 e. The van der Waals surface area contributed by atoms with Crippen LogP contribution >= 0.6 is 0 Å². The van der Waals surface area contributed by atoms with E-state index in [1.54, 1.807) is 12.4 Å². The number of hydrogen-bond donors (Lipinski definition) is 1. The van der Waals surface area contributed by atoms with Gasteiger partial charge in [-0.1, -0.05) is 18.2 Å². The largest absolute Gasteiger partial charge is 0.489 e. The number of aromatic amines is 1. The van der Waals surface area contributed by atoms with Crippen LogP contribution in [0.1, 0.15) is 16.8 Å². The molecule has 3 aromatic rings. The molecule has 0 bridgehead atoms. The molecule has 6 nitrogen and oxygen atoms in total. The molecule has 6 heteroatoms. The van der Waals surface area contributed by atoms with E-state index in [1.807, 2.05) is 30.3 Å². The maximum absolute atomic E-state index is 12.7. The number of ether oxygens (including phenoxy) is 1. The lowest BCUT2D eigenvalue weighted by Crippen LogP contribution is -2.37. The van der Waals surface area contributed by atoms with Crippen LogP contribution in [0.25, 0.3) is 17.5 Å². The SMILES string of the molecule is O=c1[nH]c(-c2ccncc2)nc2c1CN(CC1=Cc3ccccc3OC1)CC2. The average Bonchev–Trinajstić information content (AvgIpc) is 2.74. The number of rotatable bonds is 3. The number of benzene rings is 1. The van der Waals surface area contributed by atoms with E-state index in [9.17, 15) is 4.79 Å². The van der Waals surface area contributed by atoms with Gasteiger partial charge in [0, 0.05) is 49.6 Å². The second kappa shape index (κ2) is 7.05. The third-order valence-electron chi connectivity index (χ3n) is 5.22. The summed E-state index contributed by atoms with van der Waals surface area (Å²) in [5, 5.41) is 0. The fraction of sp³-hybridized carbons (Fsp3) is 0.227. The van der Waals surface area contributed by atoms with Crippen molar-refractivity contribution in [2.45, 2.75) is 13.0 Å². The number of H-pyrrole nitrogens is 1. The highest BCUT2D eigenvalue weighted by atomic mass is 16.5. The molecule has 0 saturated heterocycles. The van der Waals surface area contributed by atoms with Crippen molar-refractivity contribution >= 4 is 6.08 Å². The molecule has 1 N–H and O–H groups in total. The first-order valence-corrected chi connectivity index (χ1v) is 9.42. The molecule has 0 aliphatic carbocycles. The van der Waals surface area contributed by atoms with E-state index in [2.05, 4.69) is 27.0 Å². The fourth-order valence-corrected chi connectivity index (χ4v) is 3.80. The minimum Gasteiger partial charge on any atom is -0.489 e. The summed E-state index contributed by atoms with van der Waals surface area (Å²) in [5.41, 5.74) is 4.82. The second-order valence-corrected chi connectivity index (χ2v) is 7.17. The van der Waals surface area contributed by atoms with E-state index in [4.69, 9.17) is 9.72 Å². The molecule has 0 atom stereocenters. The topological polar surface area (TPSA) is 71.1 Å². The first-order chi connectivity index (χ1) is 13.8. The Balaban J connectivity index is 1.36. The van der Waals surface area contributed by atoms with Gasteiger partial charge >= 0.3 is 0 Å². The van der Waals surface area contributed by atoms with Crippen molar-refractivity contribution < 1.29 is 4.74 Å². The van der Waals surface area contributed by atoms with Crippen molar-refractivity contribution in [2.24, 2.45) is 0 Å². The molecule has 2 aliphatic heterocycles. The number of nitrogens with zero attached hydrogens (tertiary/aromatic N) is 3. The first-order valence-electron chi connectivity index (χ1n) is 9.42. The van der Waals surface area contributed by atoms with Gasteiger partial charge in [0.2, 0.25) is 0 Å².